The van der Waals surface area contributed by atoms with E-state index in [0.29, 0.717) is 39.3 Å². The largest absolute Gasteiger partial charge is 0.382 e. The van der Waals surface area contributed by atoms with Crippen LogP contribution in [0.1, 0.15) is 11.1 Å². The molecule has 0 radical (unpaired) electrons. The zero-order valence-electron chi connectivity index (χ0n) is 28.0. The average molecular weight is 659 g/mol. The van der Waals surface area contributed by atoms with Gasteiger partial charge in [0.15, 0.2) is 0 Å². The molecule has 0 fully saturated rings. The fourth-order valence-corrected chi connectivity index (χ4v) is 5.17. The summed E-state index contributed by atoms with van der Waals surface area (Å²) in [6.45, 7) is 1.80. The lowest BCUT2D eigenvalue weighted by Crippen LogP contribution is -2.59. The molecule has 0 aliphatic carbocycles. The van der Waals surface area contributed by atoms with Gasteiger partial charge in [-0.3, -0.25) is 0 Å². The normalized spacial score (nSPS) is 13.8. The van der Waals surface area contributed by atoms with Crippen LogP contribution in [0.5, 0.6) is 0 Å². The third-order valence-electron chi connectivity index (χ3n) is 7.62. The zero-order valence-corrected chi connectivity index (χ0v) is 28.0. The summed E-state index contributed by atoms with van der Waals surface area (Å²) in [7, 11) is 3.30. The SMILES string of the molecule is COCCOCO[C@H]([C@@H](OCOCCOC)[C@@H](Cc1ccccc1)NNc1ccccc1)[C@@H](Cc1ccccc1)NNc1ccccc1. The Labute approximate surface area is 285 Å². The van der Waals surface area contributed by atoms with E-state index in [2.05, 4.69) is 46.0 Å². The summed E-state index contributed by atoms with van der Waals surface area (Å²) in [4.78, 5) is 0. The second-order valence-electron chi connectivity index (χ2n) is 11.2. The number of para-hydroxylation sites is 2. The molecule has 0 heterocycles. The number of methoxy groups -OCH3 is 2. The Morgan fingerprint density at radius 1 is 0.458 bits per heavy atom. The quantitative estimate of drug-likeness (QED) is 0.0418. The van der Waals surface area contributed by atoms with Gasteiger partial charge in [-0.15, -0.1) is 0 Å². The topological polar surface area (TPSA) is 104 Å². The van der Waals surface area contributed by atoms with Gasteiger partial charge < -0.3 is 39.3 Å². The van der Waals surface area contributed by atoms with Crippen LogP contribution in [-0.2, 0) is 41.3 Å². The van der Waals surface area contributed by atoms with Crippen LogP contribution in [-0.4, -0.2) is 78.5 Å². The van der Waals surface area contributed by atoms with Crippen LogP contribution >= 0.6 is 0 Å². The maximum atomic E-state index is 6.67. The van der Waals surface area contributed by atoms with Crippen molar-refractivity contribution in [2.24, 2.45) is 0 Å². The lowest BCUT2D eigenvalue weighted by molar-refractivity contribution is -0.185. The van der Waals surface area contributed by atoms with Crippen LogP contribution in [0, 0.1) is 0 Å². The second-order valence-corrected chi connectivity index (χ2v) is 11.2. The maximum absolute atomic E-state index is 6.67. The highest BCUT2D eigenvalue weighted by Crippen LogP contribution is 2.21. The highest BCUT2D eigenvalue weighted by atomic mass is 16.7. The van der Waals surface area contributed by atoms with E-state index in [9.17, 15) is 0 Å². The molecule has 48 heavy (non-hydrogen) atoms. The predicted octanol–water partition coefficient (Wildman–Crippen LogP) is 5.45. The van der Waals surface area contributed by atoms with Gasteiger partial charge in [0.2, 0.25) is 0 Å². The molecule has 0 unspecified atom stereocenters. The number of anilines is 2. The molecular weight excluding hydrogens is 608 g/mol. The summed E-state index contributed by atoms with van der Waals surface area (Å²) in [5, 5.41) is 0. The van der Waals surface area contributed by atoms with Crippen LogP contribution in [0.25, 0.3) is 0 Å². The monoisotopic (exact) mass is 658 g/mol. The summed E-state index contributed by atoms with van der Waals surface area (Å²) >= 11 is 0. The van der Waals surface area contributed by atoms with Crippen LogP contribution in [0.2, 0.25) is 0 Å². The summed E-state index contributed by atoms with van der Waals surface area (Å²) in [6.07, 6.45) is 0.207. The molecule has 4 aromatic rings. The zero-order chi connectivity index (χ0) is 33.5. The molecule has 4 N–H and O–H groups in total. The molecule has 0 amide bonds. The Bertz CT molecular complexity index is 1240. The van der Waals surface area contributed by atoms with Gasteiger partial charge in [-0.1, -0.05) is 97.1 Å². The Hall–Kier alpha value is -3.84. The van der Waals surface area contributed by atoms with Crippen LogP contribution in [0.15, 0.2) is 121 Å². The molecule has 258 valence electrons. The number of hydrazine groups is 2. The molecule has 0 saturated heterocycles. The third-order valence-corrected chi connectivity index (χ3v) is 7.62. The van der Waals surface area contributed by atoms with Gasteiger partial charge in [-0.2, -0.15) is 0 Å². The third kappa shape index (κ3) is 13.7. The maximum Gasteiger partial charge on any atom is 0.147 e. The van der Waals surface area contributed by atoms with E-state index in [0.717, 1.165) is 22.5 Å². The van der Waals surface area contributed by atoms with E-state index in [-0.39, 0.29) is 25.7 Å². The minimum absolute atomic E-state index is 0.0426. The van der Waals surface area contributed by atoms with Crippen molar-refractivity contribution in [3.8, 4) is 0 Å². The summed E-state index contributed by atoms with van der Waals surface area (Å²) in [5.41, 5.74) is 18.1. The lowest BCUT2D eigenvalue weighted by Gasteiger charge is -2.38. The molecule has 0 bridgehead atoms. The van der Waals surface area contributed by atoms with E-state index >= 15 is 0 Å². The average Bonchev–Trinajstić information content (AvgIpc) is 3.14. The number of benzene rings is 4. The Morgan fingerprint density at radius 3 is 1.17 bits per heavy atom. The van der Waals surface area contributed by atoms with Crippen molar-refractivity contribution >= 4 is 11.4 Å². The number of nitrogens with one attached hydrogen (secondary N) is 4. The van der Waals surface area contributed by atoms with Gasteiger partial charge in [0.1, 0.15) is 25.8 Å². The number of ether oxygens (including phenoxy) is 6. The first-order valence-electron chi connectivity index (χ1n) is 16.3. The summed E-state index contributed by atoms with van der Waals surface area (Å²) in [5.74, 6) is 0. The molecule has 10 heteroatoms. The van der Waals surface area contributed by atoms with Crippen LogP contribution < -0.4 is 21.7 Å². The van der Waals surface area contributed by atoms with Gasteiger partial charge in [-0.25, -0.2) is 10.9 Å². The molecule has 0 aromatic heterocycles. The van der Waals surface area contributed by atoms with E-state index in [1.165, 1.54) is 0 Å². The van der Waals surface area contributed by atoms with Crippen molar-refractivity contribution in [1.82, 2.24) is 10.9 Å². The molecule has 0 spiro atoms. The first-order valence-corrected chi connectivity index (χ1v) is 16.3. The second kappa shape index (κ2) is 22.7. The Morgan fingerprint density at radius 2 is 0.812 bits per heavy atom. The highest BCUT2D eigenvalue weighted by Gasteiger charge is 2.38. The molecule has 10 nitrogen and oxygen atoms in total. The van der Waals surface area contributed by atoms with Crippen molar-refractivity contribution in [1.29, 1.82) is 0 Å². The Balaban J connectivity index is 1.70. The van der Waals surface area contributed by atoms with Gasteiger partial charge in [-0.05, 0) is 48.2 Å². The van der Waals surface area contributed by atoms with Crippen molar-refractivity contribution in [2.45, 2.75) is 37.1 Å². The van der Waals surface area contributed by atoms with Gasteiger partial charge in [0.25, 0.3) is 0 Å². The molecule has 4 aromatic carbocycles. The fourth-order valence-electron chi connectivity index (χ4n) is 5.17. The van der Waals surface area contributed by atoms with Crippen molar-refractivity contribution in [2.75, 3.05) is 65.1 Å². The molecule has 0 aliphatic heterocycles. The first-order chi connectivity index (χ1) is 23.8. The first kappa shape index (κ1) is 37.0. The van der Waals surface area contributed by atoms with Crippen LogP contribution in [0.3, 0.4) is 0 Å². The van der Waals surface area contributed by atoms with Gasteiger partial charge >= 0.3 is 0 Å². The standard InChI is InChI=1S/C38H50N4O6/c1-43-23-25-45-29-47-37(35(27-31-15-7-3-8-16-31)41-39-33-19-11-5-12-20-33)38(48-30-46-26-24-44-2)36(28-32-17-9-4-10-18-32)42-40-34-21-13-6-14-22-34/h3-22,35-42H,23-30H2,1-2H3/t35-,36-,37+,38+/m1/s1. The summed E-state index contributed by atoms with van der Waals surface area (Å²) in [6, 6.07) is 40.1. The summed E-state index contributed by atoms with van der Waals surface area (Å²) < 4.78 is 35.5. The minimum Gasteiger partial charge on any atom is -0.382 e. The number of hydrogen-bond donors (Lipinski definition) is 4. The smallest absolute Gasteiger partial charge is 0.147 e. The van der Waals surface area contributed by atoms with Crippen molar-refractivity contribution < 1.29 is 28.4 Å². The predicted molar refractivity (Wildman–Crippen MR) is 189 cm³/mol. The van der Waals surface area contributed by atoms with E-state index in [1.807, 2.05) is 97.1 Å². The molecule has 0 saturated carbocycles. The number of hydrogen-bond acceptors (Lipinski definition) is 10. The minimum atomic E-state index is -0.534. The Kier molecular flexibility index (Phi) is 17.5. The molecule has 4 rings (SSSR count). The fraction of sp³-hybridized carbons (Fsp3) is 0.368. The molecular formula is C38H50N4O6. The molecule has 0 aliphatic rings. The lowest BCUT2D eigenvalue weighted by atomic mass is 9.91. The van der Waals surface area contributed by atoms with Crippen molar-refractivity contribution in [3.05, 3.63) is 132 Å². The van der Waals surface area contributed by atoms with E-state index in [4.69, 9.17) is 28.4 Å². The van der Waals surface area contributed by atoms with E-state index in [1.54, 1.807) is 14.2 Å². The van der Waals surface area contributed by atoms with Gasteiger partial charge in [0.05, 0.1) is 38.5 Å². The highest BCUT2D eigenvalue weighted by molar-refractivity contribution is 5.42. The van der Waals surface area contributed by atoms with Crippen LogP contribution in [0.4, 0.5) is 11.4 Å². The van der Waals surface area contributed by atoms with Crippen molar-refractivity contribution in [3.63, 3.8) is 0 Å². The molecule has 4 atom stereocenters. The van der Waals surface area contributed by atoms with Gasteiger partial charge in [0, 0.05) is 25.6 Å². The van der Waals surface area contributed by atoms with E-state index < -0.39 is 12.2 Å². The number of rotatable bonds is 25.